The number of carbonyl (C=O) groups is 2. The molecule has 0 spiro atoms. The van der Waals surface area contributed by atoms with Crippen LogP contribution < -0.4 is 15.4 Å². The topological polar surface area (TPSA) is 70.7 Å². The third kappa shape index (κ3) is 5.83. The number of carbonyl (C=O) groups excluding carboxylic acids is 2. The number of hydrogen-bond donors (Lipinski definition) is 2. The smallest absolute Gasteiger partial charge is 0.246 e. The van der Waals surface area contributed by atoms with E-state index in [0.717, 1.165) is 11.3 Å². The number of para-hydroxylation sites is 3. The van der Waals surface area contributed by atoms with Gasteiger partial charge in [0.25, 0.3) is 0 Å². The number of ether oxygens (including phenoxy) is 1. The molecule has 3 aromatic rings. The summed E-state index contributed by atoms with van der Waals surface area (Å²) < 4.78 is 5.69. The van der Waals surface area contributed by atoms with Crippen LogP contribution in [0.4, 0.5) is 11.4 Å². The molecule has 2 amide bonds. The first-order valence-corrected chi connectivity index (χ1v) is 11.8. The molecule has 3 aromatic carbocycles. The van der Waals surface area contributed by atoms with Crippen molar-refractivity contribution in [2.45, 2.75) is 25.8 Å². The van der Waals surface area contributed by atoms with E-state index < -0.39 is 6.04 Å². The highest BCUT2D eigenvalue weighted by molar-refractivity contribution is 5.97. The van der Waals surface area contributed by atoms with E-state index in [1.54, 1.807) is 0 Å². The van der Waals surface area contributed by atoms with E-state index in [0.29, 0.717) is 44.0 Å². The summed E-state index contributed by atoms with van der Waals surface area (Å²) in [6.07, 6.45) is 1.40. The largest absolute Gasteiger partial charge is 0.492 e. The van der Waals surface area contributed by atoms with E-state index in [2.05, 4.69) is 15.5 Å². The molecular weight excluding hydrogens is 426 g/mol. The molecule has 1 fully saturated rings. The standard InChI is InChI=1S/C28H31N3O3/c1-2-34-25-16-10-9-15-24(25)30-28(33)26(21-11-5-3-6-12-21)31-19-17-22(18-20-31)27(32)29-23-13-7-4-8-14-23/h3-16,22,26H,2,17-20H2,1H3,(H,29,32)(H,30,33)/t26-/m1/s1. The lowest BCUT2D eigenvalue weighted by molar-refractivity contribution is -0.124. The zero-order valence-corrected chi connectivity index (χ0v) is 19.4. The Hall–Kier alpha value is -3.64. The van der Waals surface area contributed by atoms with Crippen LogP contribution in [0.1, 0.15) is 31.4 Å². The SMILES string of the molecule is CCOc1ccccc1NC(=O)[C@@H](c1ccccc1)N1CCC(C(=O)Nc2ccccc2)CC1. The van der Waals surface area contributed by atoms with Gasteiger partial charge in [-0.1, -0.05) is 60.7 Å². The predicted octanol–water partition coefficient (Wildman–Crippen LogP) is 5.12. The van der Waals surface area contributed by atoms with E-state index in [9.17, 15) is 9.59 Å². The number of benzene rings is 3. The molecular formula is C28H31N3O3. The molecule has 6 heteroatoms. The van der Waals surface area contributed by atoms with E-state index >= 15 is 0 Å². The molecule has 6 nitrogen and oxygen atoms in total. The minimum absolute atomic E-state index is 0.0391. The van der Waals surface area contributed by atoms with Crippen LogP contribution in [0.5, 0.6) is 5.75 Å². The van der Waals surface area contributed by atoms with Gasteiger partial charge in [-0.15, -0.1) is 0 Å². The highest BCUT2D eigenvalue weighted by atomic mass is 16.5. The van der Waals surface area contributed by atoms with E-state index in [1.165, 1.54) is 0 Å². The summed E-state index contributed by atoms with van der Waals surface area (Å²) >= 11 is 0. The summed E-state index contributed by atoms with van der Waals surface area (Å²) in [5.74, 6) is 0.513. The van der Waals surface area contributed by atoms with Gasteiger partial charge in [-0.25, -0.2) is 0 Å². The molecule has 1 heterocycles. The number of nitrogens with zero attached hydrogens (tertiary/aromatic N) is 1. The fourth-order valence-corrected chi connectivity index (χ4v) is 4.40. The number of hydrogen-bond acceptors (Lipinski definition) is 4. The first-order chi connectivity index (χ1) is 16.7. The van der Waals surface area contributed by atoms with Gasteiger partial charge in [0.05, 0.1) is 12.3 Å². The van der Waals surface area contributed by atoms with Crippen molar-refractivity contribution in [3.63, 3.8) is 0 Å². The van der Waals surface area contributed by atoms with Gasteiger partial charge in [-0.2, -0.15) is 0 Å². The molecule has 2 N–H and O–H groups in total. The Morgan fingerprint density at radius 3 is 2.18 bits per heavy atom. The monoisotopic (exact) mass is 457 g/mol. The van der Waals surface area contributed by atoms with E-state index in [-0.39, 0.29) is 17.7 Å². The van der Waals surface area contributed by atoms with Crippen molar-refractivity contribution in [3.05, 3.63) is 90.5 Å². The molecule has 1 atom stereocenters. The third-order valence-electron chi connectivity index (χ3n) is 6.12. The quantitative estimate of drug-likeness (QED) is 0.493. The predicted molar refractivity (Wildman–Crippen MR) is 135 cm³/mol. The lowest BCUT2D eigenvalue weighted by atomic mass is 9.93. The summed E-state index contributed by atoms with van der Waals surface area (Å²) in [6, 6.07) is 26.4. The lowest BCUT2D eigenvalue weighted by Gasteiger charge is -2.36. The second kappa shape index (κ2) is 11.5. The summed E-state index contributed by atoms with van der Waals surface area (Å²) in [6.45, 7) is 3.76. The fraction of sp³-hybridized carbons (Fsp3) is 0.286. The molecule has 0 saturated carbocycles. The van der Waals surface area contributed by atoms with Gasteiger partial charge < -0.3 is 15.4 Å². The summed E-state index contributed by atoms with van der Waals surface area (Å²) in [5.41, 5.74) is 2.40. The van der Waals surface area contributed by atoms with Crippen molar-refractivity contribution < 1.29 is 14.3 Å². The Balaban J connectivity index is 1.46. The Labute approximate surface area is 200 Å². The van der Waals surface area contributed by atoms with Crippen molar-refractivity contribution in [1.82, 2.24) is 4.90 Å². The first-order valence-electron chi connectivity index (χ1n) is 11.8. The van der Waals surface area contributed by atoms with Gasteiger partial charge in [0, 0.05) is 11.6 Å². The number of nitrogens with one attached hydrogen (secondary N) is 2. The van der Waals surface area contributed by atoms with Gasteiger partial charge in [-0.05, 0) is 62.7 Å². The van der Waals surface area contributed by atoms with Crippen LogP contribution in [0.15, 0.2) is 84.9 Å². The van der Waals surface area contributed by atoms with Gasteiger partial charge in [0.15, 0.2) is 0 Å². The Morgan fingerprint density at radius 2 is 1.50 bits per heavy atom. The maximum absolute atomic E-state index is 13.5. The van der Waals surface area contributed by atoms with Crippen molar-refractivity contribution in [3.8, 4) is 5.75 Å². The average molecular weight is 458 g/mol. The minimum Gasteiger partial charge on any atom is -0.492 e. The van der Waals surface area contributed by atoms with Crippen LogP contribution in [0.2, 0.25) is 0 Å². The van der Waals surface area contributed by atoms with Crippen molar-refractivity contribution in [1.29, 1.82) is 0 Å². The third-order valence-corrected chi connectivity index (χ3v) is 6.12. The first kappa shape index (κ1) is 23.5. The van der Waals surface area contributed by atoms with Crippen LogP contribution in [-0.2, 0) is 9.59 Å². The van der Waals surface area contributed by atoms with Crippen LogP contribution in [0, 0.1) is 5.92 Å². The zero-order chi connectivity index (χ0) is 23.8. The van der Waals surface area contributed by atoms with Crippen LogP contribution >= 0.6 is 0 Å². The van der Waals surface area contributed by atoms with Crippen molar-refractivity contribution >= 4 is 23.2 Å². The highest BCUT2D eigenvalue weighted by Gasteiger charge is 2.33. The number of amides is 2. The fourth-order valence-electron chi connectivity index (χ4n) is 4.40. The van der Waals surface area contributed by atoms with Crippen molar-refractivity contribution in [2.75, 3.05) is 30.3 Å². The molecule has 0 aliphatic carbocycles. The maximum Gasteiger partial charge on any atom is 0.246 e. The molecule has 0 unspecified atom stereocenters. The van der Waals surface area contributed by atoms with E-state index in [4.69, 9.17) is 4.74 Å². The normalized spacial score (nSPS) is 15.3. The molecule has 0 bridgehead atoms. The van der Waals surface area contributed by atoms with Crippen LogP contribution in [0.3, 0.4) is 0 Å². The molecule has 0 radical (unpaired) electrons. The lowest BCUT2D eigenvalue weighted by Crippen LogP contribution is -2.44. The average Bonchev–Trinajstić information content (AvgIpc) is 2.87. The second-order valence-corrected chi connectivity index (χ2v) is 8.40. The number of rotatable bonds is 8. The van der Waals surface area contributed by atoms with Crippen molar-refractivity contribution in [2.24, 2.45) is 5.92 Å². The Kier molecular flexibility index (Phi) is 7.94. The van der Waals surface area contributed by atoms with Crippen LogP contribution in [0.25, 0.3) is 0 Å². The molecule has 176 valence electrons. The molecule has 4 rings (SSSR count). The number of anilines is 2. The second-order valence-electron chi connectivity index (χ2n) is 8.40. The van der Waals surface area contributed by atoms with Gasteiger partial charge >= 0.3 is 0 Å². The molecule has 0 aromatic heterocycles. The molecule has 1 aliphatic heterocycles. The Bertz CT molecular complexity index is 1080. The van der Waals surface area contributed by atoms with Gasteiger partial charge in [-0.3, -0.25) is 14.5 Å². The number of piperidine rings is 1. The summed E-state index contributed by atoms with van der Waals surface area (Å²) in [4.78, 5) is 28.5. The van der Waals surface area contributed by atoms with Gasteiger partial charge in [0.1, 0.15) is 11.8 Å². The minimum atomic E-state index is -0.450. The summed E-state index contributed by atoms with van der Waals surface area (Å²) in [5, 5.41) is 6.08. The molecule has 1 aliphatic rings. The molecule has 1 saturated heterocycles. The number of likely N-dealkylation sites (tertiary alicyclic amines) is 1. The molecule has 34 heavy (non-hydrogen) atoms. The summed E-state index contributed by atoms with van der Waals surface area (Å²) in [7, 11) is 0. The highest BCUT2D eigenvalue weighted by Crippen LogP contribution is 2.31. The van der Waals surface area contributed by atoms with Crippen LogP contribution in [-0.4, -0.2) is 36.4 Å². The Morgan fingerprint density at radius 1 is 0.882 bits per heavy atom. The maximum atomic E-state index is 13.5. The zero-order valence-electron chi connectivity index (χ0n) is 19.4. The van der Waals surface area contributed by atoms with Gasteiger partial charge in [0.2, 0.25) is 11.8 Å². The van der Waals surface area contributed by atoms with E-state index in [1.807, 2.05) is 91.9 Å².